The lowest BCUT2D eigenvalue weighted by molar-refractivity contribution is -0.154. The molecule has 0 aliphatic carbocycles. The lowest BCUT2D eigenvalue weighted by atomic mass is 10.1. The third kappa shape index (κ3) is 17.0. The maximum atomic E-state index is 11.5. The van der Waals surface area contributed by atoms with Crippen LogP contribution < -0.4 is 0 Å². The molecule has 1 unspecified atom stereocenters. The van der Waals surface area contributed by atoms with Gasteiger partial charge in [0.05, 0.1) is 12.8 Å². The van der Waals surface area contributed by atoms with Crippen LogP contribution in [0.1, 0.15) is 77.6 Å². The number of hydrogen-bond donors (Lipinski definition) is 2. The van der Waals surface area contributed by atoms with Crippen LogP contribution in [-0.4, -0.2) is 47.4 Å². The van der Waals surface area contributed by atoms with Gasteiger partial charge >= 0.3 is 17.9 Å². The highest BCUT2D eigenvalue weighted by Gasteiger charge is 2.12. The minimum absolute atomic E-state index is 0.234. The van der Waals surface area contributed by atoms with Crippen LogP contribution in [0.5, 0.6) is 0 Å². The Morgan fingerprint density at radius 2 is 1.24 bits per heavy atom. The number of unbranched alkanes of at least 4 members (excludes halogenated alkanes) is 7. The Bertz CT molecular complexity index is 382. The molecular formula is C18H32O7. The van der Waals surface area contributed by atoms with Crippen LogP contribution in [0.4, 0.5) is 0 Å². The molecule has 0 aromatic rings. The van der Waals surface area contributed by atoms with Crippen molar-refractivity contribution in [3.63, 3.8) is 0 Å². The number of aliphatic carboxylic acids is 1. The van der Waals surface area contributed by atoms with Crippen LogP contribution in [0.15, 0.2) is 0 Å². The van der Waals surface area contributed by atoms with Crippen molar-refractivity contribution < 1.29 is 34.1 Å². The largest absolute Gasteiger partial charge is 0.481 e. The van der Waals surface area contributed by atoms with Crippen molar-refractivity contribution in [2.24, 2.45) is 0 Å². The van der Waals surface area contributed by atoms with Gasteiger partial charge in [-0.3, -0.25) is 14.4 Å². The summed E-state index contributed by atoms with van der Waals surface area (Å²) in [5, 5.41) is 18.0. The molecule has 0 radical (unpaired) electrons. The number of carboxylic acid groups (broad SMARTS) is 1. The molecule has 0 amide bonds. The third-order valence-corrected chi connectivity index (χ3v) is 3.65. The van der Waals surface area contributed by atoms with Gasteiger partial charge in [-0.25, -0.2) is 0 Å². The Hall–Kier alpha value is -1.63. The number of rotatable bonds is 16. The van der Waals surface area contributed by atoms with E-state index in [1.54, 1.807) is 0 Å². The number of carboxylic acids is 1. The second-order valence-electron chi connectivity index (χ2n) is 6.14. The molecule has 0 fully saturated rings. The fraction of sp³-hybridized carbons (Fsp3) is 0.833. The lowest BCUT2D eigenvalue weighted by Gasteiger charge is -2.11. The van der Waals surface area contributed by atoms with Crippen LogP contribution in [0, 0.1) is 0 Å². The first-order valence-electron chi connectivity index (χ1n) is 9.16. The Morgan fingerprint density at radius 3 is 1.76 bits per heavy atom. The molecule has 0 heterocycles. The van der Waals surface area contributed by atoms with Crippen LogP contribution in [0.3, 0.4) is 0 Å². The predicted octanol–water partition coefficient (Wildman–Crippen LogP) is 2.83. The van der Waals surface area contributed by atoms with Gasteiger partial charge in [-0.1, -0.05) is 51.9 Å². The van der Waals surface area contributed by atoms with E-state index in [1.807, 2.05) is 0 Å². The maximum Gasteiger partial charge on any atom is 0.306 e. The maximum absolute atomic E-state index is 11.5. The third-order valence-electron chi connectivity index (χ3n) is 3.65. The van der Waals surface area contributed by atoms with E-state index in [1.165, 1.54) is 32.1 Å². The molecule has 0 saturated heterocycles. The highest BCUT2D eigenvalue weighted by Crippen LogP contribution is 2.10. The summed E-state index contributed by atoms with van der Waals surface area (Å²) < 4.78 is 9.62. The summed E-state index contributed by atoms with van der Waals surface area (Å²) in [6, 6.07) is 0. The van der Waals surface area contributed by atoms with E-state index in [0.717, 1.165) is 19.3 Å². The number of aliphatic hydroxyl groups excluding tert-OH is 1. The summed E-state index contributed by atoms with van der Waals surface area (Å²) in [6.07, 6.45) is 7.76. The molecule has 7 heteroatoms. The Morgan fingerprint density at radius 1 is 0.760 bits per heavy atom. The van der Waals surface area contributed by atoms with E-state index in [0.29, 0.717) is 6.42 Å². The van der Waals surface area contributed by atoms with Crippen molar-refractivity contribution in [1.29, 1.82) is 0 Å². The predicted molar refractivity (Wildman–Crippen MR) is 92.0 cm³/mol. The molecule has 146 valence electrons. The van der Waals surface area contributed by atoms with Gasteiger partial charge in [0.15, 0.2) is 0 Å². The average molecular weight is 360 g/mol. The van der Waals surface area contributed by atoms with Crippen molar-refractivity contribution in [2.45, 2.75) is 83.7 Å². The number of aliphatic hydroxyl groups is 1. The number of ether oxygens (including phenoxy) is 2. The average Bonchev–Trinajstić information content (AvgIpc) is 2.58. The van der Waals surface area contributed by atoms with Crippen LogP contribution >= 0.6 is 0 Å². The van der Waals surface area contributed by atoms with Crippen LogP contribution in [0.2, 0.25) is 0 Å². The van der Waals surface area contributed by atoms with Gasteiger partial charge in [0.25, 0.3) is 0 Å². The van der Waals surface area contributed by atoms with Gasteiger partial charge in [-0.15, -0.1) is 0 Å². The van der Waals surface area contributed by atoms with Crippen molar-refractivity contribution in [1.82, 2.24) is 0 Å². The first-order valence-corrected chi connectivity index (χ1v) is 9.16. The number of hydrogen-bond acceptors (Lipinski definition) is 6. The van der Waals surface area contributed by atoms with E-state index in [9.17, 15) is 19.5 Å². The second-order valence-corrected chi connectivity index (χ2v) is 6.14. The number of carbonyl (C=O) groups is 3. The fourth-order valence-electron chi connectivity index (χ4n) is 2.18. The van der Waals surface area contributed by atoms with Gasteiger partial charge in [0.2, 0.25) is 0 Å². The topological polar surface area (TPSA) is 110 Å². The van der Waals surface area contributed by atoms with Gasteiger partial charge in [0, 0.05) is 6.42 Å². The summed E-state index contributed by atoms with van der Waals surface area (Å²) in [7, 11) is 0. The molecule has 0 aromatic carbocycles. The number of carbonyl (C=O) groups excluding carboxylic acids is 2. The second kappa shape index (κ2) is 15.9. The molecule has 0 aromatic heterocycles. The van der Waals surface area contributed by atoms with E-state index in [4.69, 9.17) is 14.6 Å². The van der Waals surface area contributed by atoms with Crippen LogP contribution in [-0.2, 0) is 23.9 Å². The summed E-state index contributed by atoms with van der Waals surface area (Å²) in [5.74, 6) is -2.17. The highest BCUT2D eigenvalue weighted by molar-refractivity contribution is 5.76. The minimum atomic E-state index is -1.10. The molecule has 2 N–H and O–H groups in total. The van der Waals surface area contributed by atoms with Gasteiger partial charge in [-0.05, 0) is 6.42 Å². The zero-order valence-corrected chi connectivity index (χ0v) is 15.2. The van der Waals surface area contributed by atoms with E-state index >= 15 is 0 Å². The number of esters is 2. The van der Waals surface area contributed by atoms with Crippen molar-refractivity contribution in [3.8, 4) is 0 Å². The lowest BCUT2D eigenvalue weighted by Crippen LogP contribution is -2.25. The summed E-state index contributed by atoms with van der Waals surface area (Å²) in [4.78, 5) is 33.0. The summed E-state index contributed by atoms with van der Waals surface area (Å²) in [5.41, 5.74) is 0. The molecule has 25 heavy (non-hydrogen) atoms. The van der Waals surface area contributed by atoms with E-state index in [-0.39, 0.29) is 32.0 Å². The molecule has 0 spiro atoms. The SMILES string of the molecule is CCCCCCCCCCC(=O)OCC(O)COC(=O)CCC(=O)O. The monoisotopic (exact) mass is 360 g/mol. The quantitative estimate of drug-likeness (QED) is 0.322. The first-order chi connectivity index (χ1) is 12.0. The smallest absolute Gasteiger partial charge is 0.306 e. The highest BCUT2D eigenvalue weighted by atomic mass is 16.6. The van der Waals surface area contributed by atoms with E-state index in [2.05, 4.69) is 6.92 Å². The molecule has 0 aliphatic heterocycles. The van der Waals surface area contributed by atoms with Crippen LogP contribution in [0.25, 0.3) is 0 Å². The van der Waals surface area contributed by atoms with Gasteiger partial charge < -0.3 is 19.7 Å². The molecule has 0 saturated carbocycles. The molecule has 0 aliphatic rings. The van der Waals surface area contributed by atoms with E-state index < -0.39 is 18.0 Å². The van der Waals surface area contributed by atoms with Gasteiger partial charge in [-0.2, -0.15) is 0 Å². The Labute approximate surface area is 149 Å². The first kappa shape index (κ1) is 23.4. The summed E-state index contributed by atoms with van der Waals surface area (Å²) >= 11 is 0. The molecule has 7 nitrogen and oxygen atoms in total. The molecular weight excluding hydrogens is 328 g/mol. The minimum Gasteiger partial charge on any atom is -0.481 e. The Balaban J connectivity index is 3.51. The standard InChI is InChI=1S/C18H32O7/c1-2-3-4-5-6-7-8-9-10-17(22)24-13-15(19)14-25-18(23)12-11-16(20)21/h15,19H,2-14H2,1H3,(H,20,21). The van der Waals surface area contributed by atoms with Crippen molar-refractivity contribution in [2.75, 3.05) is 13.2 Å². The normalized spacial score (nSPS) is 11.8. The van der Waals surface area contributed by atoms with Gasteiger partial charge in [0.1, 0.15) is 19.3 Å². The Kier molecular flexibility index (Phi) is 14.8. The molecule has 0 rings (SSSR count). The van der Waals surface area contributed by atoms with Crippen molar-refractivity contribution >= 4 is 17.9 Å². The van der Waals surface area contributed by atoms with Crippen molar-refractivity contribution in [3.05, 3.63) is 0 Å². The molecule has 1 atom stereocenters. The zero-order chi connectivity index (χ0) is 18.9. The molecule has 0 bridgehead atoms. The zero-order valence-electron chi connectivity index (χ0n) is 15.2. The summed E-state index contributed by atoms with van der Waals surface area (Å²) in [6.45, 7) is 1.64. The fourth-order valence-corrected chi connectivity index (χ4v) is 2.18.